The molecule has 2 rings (SSSR count). The third-order valence-corrected chi connectivity index (χ3v) is 3.77. The third kappa shape index (κ3) is 5.65. The molecule has 2 atom stereocenters. The van der Waals surface area contributed by atoms with Crippen molar-refractivity contribution in [3.05, 3.63) is 29.3 Å². The maximum atomic E-state index is 11.8. The van der Waals surface area contributed by atoms with Crippen molar-refractivity contribution >= 4 is 36.4 Å². The first-order chi connectivity index (χ1) is 9.58. The summed E-state index contributed by atoms with van der Waals surface area (Å²) < 4.78 is 0. The molecule has 1 saturated heterocycles. The Morgan fingerprint density at radius 2 is 1.91 bits per heavy atom. The predicted octanol–water partition coefficient (Wildman–Crippen LogP) is 1.26. The number of rotatable bonds is 5. The lowest BCUT2D eigenvalue weighted by Gasteiger charge is -2.15. The molecule has 1 aliphatic heterocycles. The first-order valence-corrected chi connectivity index (χ1v) is 7.03. The van der Waals surface area contributed by atoms with Gasteiger partial charge in [0.25, 0.3) is 0 Å². The highest BCUT2D eigenvalue weighted by Crippen LogP contribution is 2.18. The number of benzene rings is 1. The number of β-amino-alcohol motifs (C(OH)–C–C–N with tert-alkyl or cyclic N) is 1. The van der Waals surface area contributed by atoms with Crippen LogP contribution in [-0.4, -0.2) is 43.3 Å². The predicted molar refractivity (Wildman–Crippen MR) is 94.3 cm³/mol. The van der Waals surface area contributed by atoms with Gasteiger partial charge in [-0.1, -0.05) is 18.2 Å². The number of nitrogens with one attached hydrogen (secondary N) is 3. The first kappa shape index (κ1) is 21.0. The van der Waals surface area contributed by atoms with E-state index in [2.05, 4.69) is 16.0 Å². The van der Waals surface area contributed by atoms with E-state index in [1.165, 1.54) is 0 Å². The van der Waals surface area contributed by atoms with Gasteiger partial charge < -0.3 is 21.1 Å². The molecule has 1 aromatic rings. The Morgan fingerprint density at radius 3 is 2.45 bits per heavy atom. The quantitative estimate of drug-likeness (QED) is 0.645. The molecule has 0 aromatic heterocycles. The standard InChI is InChI=1S/C15H23N3O2.2ClH/c1-10-4-3-5-11(2)15(10)18-9-14(20)17-7-12-6-16-8-13(12)19;;/h3-5,12-13,16,18-19H,6-9H2,1-2H3,(H,17,20);2*1H. The number of amides is 1. The molecule has 0 saturated carbocycles. The largest absolute Gasteiger partial charge is 0.391 e. The van der Waals surface area contributed by atoms with Crippen molar-refractivity contribution in [2.75, 3.05) is 31.5 Å². The van der Waals surface area contributed by atoms with Crippen molar-refractivity contribution in [3.63, 3.8) is 0 Å². The van der Waals surface area contributed by atoms with E-state index in [4.69, 9.17) is 0 Å². The number of para-hydroxylation sites is 1. The number of aryl methyl sites for hydroxylation is 2. The Kier molecular flexibility index (Phi) is 9.44. The van der Waals surface area contributed by atoms with Crippen LogP contribution in [0.25, 0.3) is 0 Å². The number of aliphatic hydroxyl groups excluding tert-OH is 1. The molecule has 1 amide bonds. The molecule has 2 unspecified atom stereocenters. The second-order valence-electron chi connectivity index (χ2n) is 5.41. The van der Waals surface area contributed by atoms with E-state index in [1.54, 1.807) is 0 Å². The van der Waals surface area contributed by atoms with Gasteiger partial charge in [-0.3, -0.25) is 4.79 Å². The van der Waals surface area contributed by atoms with Crippen molar-refractivity contribution in [2.24, 2.45) is 5.92 Å². The lowest BCUT2D eigenvalue weighted by molar-refractivity contribution is -0.119. The van der Waals surface area contributed by atoms with Gasteiger partial charge in [0.05, 0.1) is 12.6 Å². The molecule has 1 heterocycles. The van der Waals surface area contributed by atoms with E-state index < -0.39 is 0 Å². The highest BCUT2D eigenvalue weighted by Gasteiger charge is 2.24. The topological polar surface area (TPSA) is 73.4 Å². The average molecular weight is 350 g/mol. The monoisotopic (exact) mass is 349 g/mol. The second-order valence-corrected chi connectivity index (χ2v) is 5.41. The second kappa shape index (κ2) is 9.90. The van der Waals surface area contributed by atoms with Gasteiger partial charge >= 0.3 is 0 Å². The number of hydrogen-bond donors (Lipinski definition) is 4. The molecule has 126 valence electrons. The SMILES string of the molecule is Cc1cccc(C)c1NCC(=O)NCC1CNCC1O.Cl.Cl. The molecule has 1 aliphatic rings. The summed E-state index contributed by atoms with van der Waals surface area (Å²) in [5.41, 5.74) is 3.28. The Labute approximate surface area is 144 Å². The maximum Gasteiger partial charge on any atom is 0.239 e. The van der Waals surface area contributed by atoms with Crippen LogP contribution < -0.4 is 16.0 Å². The van der Waals surface area contributed by atoms with E-state index >= 15 is 0 Å². The van der Waals surface area contributed by atoms with Crippen molar-refractivity contribution in [1.29, 1.82) is 0 Å². The molecule has 1 fully saturated rings. The van der Waals surface area contributed by atoms with Gasteiger partial charge in [0.2, 0.25) is 5.91 Å². The molecule has 0 spiro atoms. The Morgan fingerprint density at radius 1 is 1.27 bits per heavy atom. The zero-order valence-electron chi connectivity index (χ0n) is 12.9. The van der Waals surface area contributed by atoms with Crippen LogP contribution in [0.15, 0.2) is 18.2 Å². The summed E-state index contributed by atoms with van der Waals surface area (Å²) in [6, 6.07) is 6.05. The molecule has 0 aliphatic carbocycles. The maximum absolute atomic E-state index is 11.8. The number of anilines is 1. The molecular weight excluding hydrogens is 325 g/mol. The molecular formula is C15H25Cl2N3O2. The van der Waals surface area contributed by atoms with Gasteiger partial charge in [-0.2, -0.15) is 0 Å². The van der Waals surface area contributed by atoms with Gasteiger partial charge in [-0.25, -0.2) is 0 Å². The number of aliphatic hydroxyl groups is 1. The number of hydrogen-bond acceptors (Lipinski definition) is 4. The summed E-state index contributed by atoms with van der Waals surface area (Å²) >= 11 is 0. The Bertz CT molecular complexity index is 466. The highest BCUT2D eigenvalue weighted by molar-refractivity contribution is 5.85. The number of carbonyl (C=O) groups is 1. The van der Waals surface area contributed by atoms with Crippen LogP contribution in [0.2, 0.25) is 0 Å². The molecule has 22 heavy (non-hydrogen) atoms. The minimum atomic E-state index is -0.359. The molecule has 7 heteroatoms. The first-order valence-electron chi connectivity index (χ1n) is 7.03. The van der Waals surface area contributed by atoms with Crippen molar-refractivity contribution in [3.8, 4) is 0 Å². The third-order valence-electron chi connectivity index (χ3n) is 3.77. The Balaban J connectivity index is 0.00000220. The van der Waals surface area contributed by atoms with Crippen LogP contribution in [0.5, 0.6) is 0 Å². The minimum absolute atomic E-state index is 0. The van der Waals surface area contributed by atoms with Crippen LogP contribution in [0.4, 0.5) is 5.69 Å². The van der Waals surface area contributed by atoms with Crippen LogP contribution in [0.3, 0.4) is 0 Å². The zero-order valence-corrected chi connectivity index (χ0v) is 14.5. The smallest absolute Gasteiger partial charge is 0.239 e. The average Bonchev–Trinajstić information content (AvgIpc) is 2.81. The van der Waals surface area contributed by atoms with Gasteiger partial charge in [-0.05, 0) is 25.0 Å². The van der Waals surface area contributed by atoms with Gasteiger partial charge in [0.1, 0.15) is 0 Å². The Hall–Kier alpha value is -1.01. The van der Waals surface area contributed by atoms with E-state index in [0.29, 0.717) is 13.1 Å². The minimum Gasteiger partial charge on any atom is -0.391 e. The highest BCUT2D eigenvalue weighted by atomic mass is 35.5. The summed E-state index contributed by atoms with van der Waals surface area (Å²) in [5.74, 6) is 0.0610. The van der Waals surface area contributed by atoms with E-state index in [1.807, 2.05) is 32.0 Å². The fourth-order valence-corrected chi connectivity index (χ4v) is 2.50. The summed E-state index contributed by atoms with van der Waals surface area (Å²) in [5, 5.41) is 18.8. The lowest BCUT2D eigenvalue weighted by atomic mass is 10.1. The van der Waals surface area contributed by atoms with E-state index in [-0.39, 0.29) is 49.3 Å². The molecule has 1 aromatic carbocycles. The molecule has 0 radical (unpaired) electrons. The fourth-order valence-electron chi connectivity index (χ4n) is 2.50. The molecule has 0 bridgehead atoms. The fraction of sp³-hybridized carbons (Fsp3) is 0.533. The number of halogens is 2. The summed E-state index contributed by atoms with van der Waals surface area (Å²) in [4.78, 5) is 11.8. The number of carbonyl (C=O) groups excluding carboxylic acids is 1. The van der Waals surface area contributed by atoms with Crippen LogP contribution in [-0.2, 0) is 4.79 Å². The molecule has 5 nitrogen and oxygen atoms in total. The molecule has 4 N–H and O–H groups in total. The lowest BCUT2D eigenvalue weighted by Crippen LogP contribution is -2.37. The van der Waals surface area contributed by atoms with Crippen LogP contribution in [0, 0.1) is 19.8 Å². The van der Waals surface area contributed by atoms with E-state index in [0.717, 1.165) is 23.4 Å². The van der Waals surface area contributed by atoms with Gasteiger partial charge in [0.15, 0.2) is 0 Å². The summed E-state index contributed by atoms with van der Waals surface area (Å²) in [6.45, 7) is 6.18. The normalized spacial score (nSPS) is 19.8. The summed E-state index contributed by atoms with van der Waals surface area (Å²) in [6.07, 6.45) is -0.359. The van der Waals surface area contributed by atoms with Crippen LogP contribution in [0.1, 0.15) is 11.1 Å². The zero-order chi connectivity index (χ0) is 14.5. The van der Waals surface area contributed by atoms with Crippen LogP contribution >= 0.6 is 24.8 Å². The van der Waals surface area contributed by atoms with Crippen molar-refractivity contribution in [1.82, 2.24) is 10.6 Å². The summed E-state index contributed by atoms with van der Waals surface area (Å²) in [7, 11) is 0. The van der Waals surface area contributed by atoms with Crippen molar-refractivity contribution < 1.29 is 9.90 Å². The van der Waals surface area contributed by atoms with Crippen molar-refractivity contribution in [2.45, 2.75) is 20.0 Å². The van der Waals surface area contributed by atoms with Gasteiger partial charge in [-0.15, -0.1) is 24.8 Å². The van der Waals surface area contributed by atoms with Gasteiger partial charge in [0, 0.05) is 31.2 Å². The van der Waals surface area contributed by atoms with E-state index in [9.17, 15) is 9.90 Å².